The quantitative estimate of drug-likeness (QED) is 0.219. The molecule has 0 saturated heterocycles. The highest BCUT2D eigenvalue weighted by atomic mass is 27.3. The molecule has 0 saturated carbocycles. The van der Waals surface area contributed by atoms with Crippen molar-refractivity contribution in [3.8, 4) is 0 Å². The summed E-state index contributed by atoms with van der Waals surface area (Å²) >= 11 is -2.83. The Hall–Kier alpha value is -1.84. The van der Waals surface area contributed by atoms with Crippen molar-refractivity contribution in [1.82, 2.24) is 0 Å². The molecule has 0 atom stereocenters. The monoisotopic (exact) mass is 408 g/mol. The van der Waals surface area contributed by atoms with Gasteiger partial charge >= 0.3 is 15.1 Å². The fourth-order valence-electron chi connectivity index (χ4n) is 1.95. The van der Waals surface area contributed by atoms with Crippen LogP contribution in [-0.2, 0) is 25.7 Å². The van der Waals surface area contributed by atoms with Crippen molar-refractivity contribution >= 4 is 32.5 Å². The molecule has 0 heterocycles. The molecular formula is C21H33AlO6. The minimum atomic E-state index is -2.83. The average Bonchev–Trinajstić information content (AvgIpc) is 2.71. The van der Waals surface area contributed by atoms with Crippen LogP contribution in [-0.4, -0.2) is 32.5 Å². The zero-order chi connectivity index (χ0) is 21.5. The maximum Gasteiger partial charge on any atom is 1.20 e. The first-order valence-electron chi connectivity index (χ1n) is 10.0. The summed E-state index contributed by atoms with van der Waals surface area (Å²) in [6.07, 6.45) is 6.97. The summed E-state index contributed by atoms with van der Waals surface area (Å²) in [6, 6.07) is 0. The highest BCUT2D eigenvalue weighted by Gasteiger charge is 2.45. The third-order valence-electron chi connectivity index (χ3n) is 3.80. The Labute approximate surface area is 174 Å². The van der Waals surface area contributed by atoms with Crippen LogP contribution in [0, 0.1) is 0 Å². The first kappa shape index (κ1) is 26.2. The fraction of sp³-hybridized carbons (Fsp3) is 0.571. The molecule has 6 nitrogen and oxygen atoms in total. The molecule has 0 bridgehead atoms. The molecule has 156 valence electrons. The number of hydrogen-bond donors (Lipinski definition) is 0. The van der Waals surface area contributed by atoms with Gasteiger partial charge in [0.05, 0.1) is 17.3 Å². The molecule has 0 fully saturated rings. The van der Waals surface area contributed by atoms with Crippen molar-refractivity contribution in [2.75, 3.05) is 0 Å². The molecular weight excluding hydrogens is 375 g/mol. The van der Waals surface area contributed by atoms with Crippen molar-refractivity contribution < 1.29 is 25.7 Å². The molecule has 0 aliphatic carbocycles. The van der Waals surface area contributed by atoms with E-state index in [9.17, 15) is 14.4 Å². The van der Waals surface area contributed by atoms with Gasteiger partial charge in [-0.15, -0.1) is 0 Å². The second kappa shape index (κ2) is 15.1. The van der Waals surface area contributed by atoms with Crippen molar-refractivity contribution in [2.24, 2.45) is 0 Å². The Morgan fingerprint density at radius 2 is 0.786 bits per heavy atom. The molecule has 0 radical (unpaired) electrons. The lowest BCUT2D eigenvalue weighted by Gasteiger charge is -2.20. The van der Waals surface area contributed by atoms with E-state index in [-0.39, 0.29) is 17.3 Å². The third kappa shape index (κ3) is 11.1. The van der Waals surface area contributed by atoms with Crippen molar-refractivity contribution in [1.29, 1.82) is 0 Å². The lowest BCUT2D eigenvalue weighted by molar-refractivity contribution is -0.115. The number of ketones is 3. The normalized spacial score (nSPS) is 12.4. The SMILES string of the molecule is CCC(=O)/C=C(/CC)[O][Al]([O]/C(=C/C(=O)CC)CC)[O]/C(=C/C(=O)CC)CC. The molecule has 7 heteroatoms. The average molecular weight is 408 g/mol. The fourth-order valence-corrected chi connectivity index (χ4v) is 3.54. The predicted molar refractivity (Wildman–Crippen MR) is 110 cm³/mol. The standard InChI is InChI=1S/3C7H12O2.Al/c3*1-3-6(8)5-7(9)4-2;/h3*5,8H,3-4H2,1-2H3;/q;;;+3/p-3/b2*6-5+;6-5-;. The molecule has 0 rings (SSSR count). The van der Waals surface area contributed by atoms with Gasteiger partial charge in [0.1, 0.15) is 0 Å². The molecule has 0 spiro atoms. The molecule has 0 aliphatic heterocycles. The number of allylic oxidation sites excluding steroid dienone is 6. The van der Waals surface area contributed by atoms with Gasteiger partial charge < -0.3 is 11.4 Å². The van der Waals surface area contributed by atoms with Crippen molar-refractivity contribution in [2.45, 2.75) is 80.1 Å². The Morgan fingerprint density at radius 3 is 0.964 bits per heavy atom. The van der Waals surface area contributed by atoms with Crippen LogP contribution in [0.3, 0.4) is 0 Å². The Balaban J connectivity index is 5.67. The highest BCUT2D eigenvalue weighted by molar-refractivity contribution is 6.37. The molecule has 0 amide bonds. The molecule has 28 heavy (non-hydrogen) atoms. The van der Waals surface area contributed by atoms with Crippen LogP contribution in [0.5, 0.6) is 0 Å². The third-order valence-corrected chi connectivity index (χ3v) is 5.29. The summed E-state index contributed by atoms with van der Waals surface area (Å²) in [7, 11) is 0. The smallest absolute Gasteiger partial charge is 0.580 e. The minimum Gasteiger partial charge on any atom is -0.580 e. The van der Waals surface area contributed by atoms with Gasteiger partial charge in [-0.1, -0.05) is 41.5 Å². The van der Waals surface area contributed by atoms with Gasteiger partial charge in [-0.25, -0.2) is 0 Å². The van der Waals surface area contributed by atoms with E-state index in [2.05, 4.69) is 0 Å². The number of hydrogen-bond acceptors (Lipinski definition) is 6. The van der Waals surface area contributed by atoms with Crippen LogP contribution in [0.4, 0.5) is 0 Å². The Morgan fingerprint density at radius 1 is 0.536 bits per heavy atom. The number of carbonyl (C=O) groups is 3. The van der Waals surface area contributed by atoms with Gasteiger partial charge in [-0.3, -0.25) is 14.4 Å². The van der Waals surface area contributed by atoms with Gasteiger partial charge in [0.25, 0.3) is 0 Å². The van der Waals surface area contributed by atoms with E-state index in [4.69, 9.17) is 11.4 Å². The number of rotatable bonds is 15. The molecule has 0 N–H and O–H groups in total. The summed E-state index contributed by atoms with van der Waals surface area (Å²) in [5.74, 6) is 1.26. The molecule has 0 aromatic heterocycles. The second-order valence-electron chi connectivity index (χ2n) is 5.99. The molecule has 0 aromatic carbocycles. The van der Waals surface area contributed by atoms with Crippen molar-refractivity contribution in [3.05, 3.63) is 35.5 Å². The first-order valence-corrected chi connectivity index (χ1v) is 11.4. The maximum absolute atomic E-state index is 11.8. The topological polar surface area (TPSA) is 78.9 Å². The van der Waals surface area contributed by atoms with Gasteiger partial charge in [0, 0.05) is 37.5 Å². The summed E-state index contributed by atoms with van der Waals surface area (Å²) in [4.78, 5) is 35.3. The van der Waals surface area contributed by atoms with Gasteiger partial charge in [0.15, 0.2) is 17.3 Å². The van der Waals surface area contributed by atoms with Crippen LogP contribution in [0.1, 0.15) is 80.1 Å². The largest absolute Gasteiger partial charge is 1.20 e. The van der Waals surface area contributed by atoms with E-state index in [1.807, 2.05) is 20.8 Å². The van der Waals surface area contributed by atoms with Crippen LogP contribution in [0.15, 0.2) is 35.5 Å². The van der Waals surface area contributed by atoms with E-state index < -0.39 is 15.1 Å². The van der Waals surface area contributed by atoms with Crippen molar-refractivity contribution in [3.63, 3.8) is 0 Å². The zero-order valence-corrected chi connectivity index (χ0v) is 19.2. The predicted octanol–water partition coefficient (Wildman–Crippen LogP) is 4.84. The summed E-state index contributed by atoms with van der Waals surface area (Å²) in [5.41, 5.74) is 0. The Bertz CT molecular complexity index is 533. The second-order valence-corrected chi connectivity index (χ2v) is 7.28. The Kier molecular flexibility index (Phi) is 14.1. The van der Waals surface area contributed by atoms with Crippen LogP contribution in [0.25, 0.3) is 0 Å². The minimum absolute atomic E-state index is 0.0514. The van der Waals surface area contributed by atoms with Crippen LogP contribution >= 0.6 is 0 Å². The summed E-state index contributed by atoms with van der Waals surface area (Å²) < 4.78 is 17.7. The van der Waals surface area contributed by atoms with Crippen LogP contribution in [0.2, 0.25) is 0 Å². The first-order chi connectivity index (χ1) is 13.3. The lowest BCUT2D eigenvalue weighted by Crippen LogP contribution is -2.27. The molecule has 0 unspecified atom stereocenters. The van der Waals surface area contributed by atoms with E-state index in [0.717, 1.165) is 0 Å². The zero-order valence-electron chi connectivity index (χ0n) is 18.0. The highest BCUT2D eigenvalue weighted by Crippen LogP contribution is 2.17. The van der Waals surface area contributed by atoms with E-state index in [1.54, 1.807) is 20.8 Å². The van der Waals surface area contributed by atoms with Gasteiger partial charge in [0.2, 0.25) is 0 Å². The maximum atomic E-state index is 11.8. The lowest BCUT2D eigenvalue weighted by atomic mass is 10.2. The van der Waals surface area contributed by atoms with Gasteiger partial charge in [-0.2, -0.15) is 0 Å². The summed E-state index contributed by atoms with van der Waals surface area (Å²) in [6.45, 7) is 10.9. The van der Waals surface area contributed by atoms with E-state index in [0.29, 0.717) is 55.8 Å². The van der Waals surface area contributed by atoms with E-state index in [1.165, 1.54) is 18.2 Å². The van der Waals surface area contributed by atoms with Crippen LogP contribution < -0.4 is 0 Å². The van der Waals surface area contributed by atoms with E-state index >= 15 is 0 Å². The number of carbonyl (C=O) groups excluding carboxylic acids is 3. The molecule has 0 aromatic rings. The van der Waals surface area contributed by atoms with Gasteiger partial charge in [-0.05, 0) is 19.3 Å². The summed E-state index contributed by atoms with van der Waals surface area (Å²) in [5, 5.41) is 0. The molecule has 0 aliphatic rings.